The lowest BCUT2D eigenvalue weighted by Gasteiger charge is -2.23. The van der Waals surface area contributed by atoms with E-state index >= 15 is 0 Å². The molecule has 0 radical (unpaired) electrons. The van der Waals surface area contributed by atoms with Gasteiger partial charge >= 0.3 is 5.97 Å². The van der Waals surface area contributed by atoms with E-state index in [0.29, 0.717) is 17.9 Å². The van der Waals surface area contributed by atoms with Gasteiger partial charge in [-0.25, -0.2) is 4.98 Å². The molecule has 1 unspecified atom stereocenters. The topological polar surface area (TPSA) is 96.6 Å². The molecule has 1 atom stereocenters. The second-order valence-corrected chi connectivity index (χ2v) is 4.36. The van der Waals surface area contributed by atoms with E-state index < -0.39 is 16.8 Å². The first kappa shape index (κ1) is 14.9. The quantitative estimate of drug-likeness (QED) is 0.624. The van der Waals surface area contributed by atoms with Crippen LogP contribution in [0.4, 0.5) is 11.5 Å². The van der Waals surface area contributed by atoms with Crippen LogP contribution in [0.15, 0.2) is 12.3 Å². The van der Waals surface area contributed by atoms with Crippen molar-refractivity contribution < 1.29 is 14.8 Å². The molecule has 0 spiro atoms. The SMILES string of the molecule is CCN(CC(C)C(=O)O)c1cc([N+](=O)[O-])c(C)cn1. The normalized spacial score (nSPS) is 11.9. The molecule has 7 heteroatoms. The van der Waals surface area contributed by atoms with Gasteiger partial charge in [0.2, 0.25) is 0 Å². The van der Waals surface area contributed by atoms with Crippen LogP contribution < -0.4 is 4.90 Å². The first-order chi connectivity index (χ1) is 8.86. The highest BCUT2D eigenvalue weighted by Gasteiger charge is 2.19. The van der Waals surface area contributed by atoms with Crippen LogP contribution in [0.25, 0.3) is 0 Å². The Hall–Kier alpha value is -2.18. The van der Waals surface area contributed by atoms with E-state index in [1.165, 1.54) is 12.3 Å². The number of carboxylic acid groups (broad SMARTS) is 1. The van der Waals surface area contributed by atoms with Crippen molar-refractivity contribution in [3.63, 3.8) is 0 Å². The van der Waals surface area contributed by atoms with E-state index in [9.17, 15) is 14.9 Å². The van der Waals surface area contributed by atoms with Gasteiger partial charge in [-0.3, -0.25) is 14.9 Å². The van der Waals surface area contributed by atoms with Gasteiger partial charge in [0.1, 0.15) is 5.82 Å². The number of carbonyl (C=O) groups is 1. The van der Waals surface area contributed by atoms with Crippen LogP contribution in [-0.4, -0.2) is 34.1 Å². The summed E-state index contributed by atoms with van der Waals surface area (Å²) in [5.74, 6) is -1.05. The maximum atomic E-state index is 10.9. The van der Waals surface area contributed by atoms with Crippen LogP contribution in [0.2, 0.25) is 0 Å². The van der Waals surface area contributed by atoms with Crippen LogP contribution in [0.5, 0.6) is 0 Å². The number of hydrogen-bond acceptors (Lipinski definition) is 5. The highest BCUT2D eigenvalue weighted by molar-refractivity contribution is 5.70. The molecule has 0 saturated carbocycles. The average molecular weight is 267 g/mol. The van der Waals surface area contributed by atoms with Gasteiger partial charge in [0.15, 0.2) is 0 Å². The lowest BCUT2D eigenvalue weighted by Crippen LogP contribution is -2.32. The van der Waals surface area contributed by atoms with Crippen LogP contribution in [-0.2, 0) is 4.79 Å². The van der Waals surface area contributed by atoms with Crippen LogP contribution in [0, 0.1) is 23.0 Å². The number of aryl methyl sites for hydroxylation is 1. The molecule has 19 heavy (non-hydrogen) atoms. The standard InChI is InChI=1S/C12H17N3O4/c1-4-14(7-9(3)12(16)17)11-5-10(15(18)19)8(2)6-13-11/h5-6,9H,4,7H2,1-3H3,(H,16,17). The highest BCUT2D eigenvalue weighted by Crippen LogP contribution is 2.23. The number of hydrogen-bond donors (Lipinski definition) is 1. The van der Waals surface area contributed by atoms with Gasteiger partial charge in [-0.2, -0.15) is 0 Å². The van der Waals surface area contributed by atoms with E-state index in [0.717, 1.165) is 0 Å². The van der Waals surface area contributed by atoms with Crippen molar-refractivity contribution in [1.82, 2.24) is 4.98 Å². The fourth-order valence-electron chi connectivity index (χ4n) is 1.67. The van der Waals surface area contributed by atoms with E-state index in [-0.39, 0.29) is 12.2 Å². The van der Waals surface area contributed by atoms with E-state index in [2.05, 4.69) is 4.98 Å². The van der Waals surface area contributed by atoms with Crippen LogP contribution >= 0.6 is 0 Å². The van der Waals surface area contributed by atoms with Gasteiger partial charge in [0.05, 0.1) is 16.9 Å². The van der Waals surface area contributed by atoms with Gasteiger partial charge in [-0.1, -0.05) is 6.92 Å². The highest BCUT2D eigenvalue weighted by atomic mass is 16.6. The first-order valence-corrected chi connectivity index (χ1v) is 5.95. The molecular formula is C12H17N3O4. The molecule has 1 aromatic heterocycles. The zero-order valence-electron chi connectivity index (χ0n) is 11.2. The van der Waals surface area contributed by atoms with Crippen molar-refractivity contribution in [3.05, 3.63) is 27.9 Å². The Labute approximate surface area is 111 Å². The van der Waals surface area contributed by atoms with Gasteiger partial charge in [-0.15, -0.1) is 0 Å². The molecule has 0 aliphatic heterocycles. The minimum atomic E-state index is -0.903. The molecule has 7 nitrogen and oxygen atoms in total. The Kier molecular flexibility index (Phi) is 4.80. The monoisotopic (exact) mass is 267 g/mol. The smallest absolute Gasteiger partial charge is 0.308 e. The number of aromatic nitrogens is 1. The van der Waals surface area contributed by atoms with Gasteiger partial charge in [0, 0.05) is 24.8 Å². The molecule has 104 valence electrons. The largest absolute Gasteiger partial charge is 0.481 e. The van der Waals surface area contributed by atoms with E-state index in [1.54, 1.807) is 18.7 Å². The summed E-state index contributed by atoms with van der Waals surface area (Å²) >= 11 is 0. The molecule has 0 bridgehead atoms. The fraction of sp³-hybridized carbons (Fsp3) is 0.500. The maximum absolute atomic E-state index is 10.9. The Bertz CT molecular complexity index is 490. The van der Waals surface area contributed by atoms with E-state index in [4.69, 9.17) is 5.11 Å². The Balaban J connectivity index is 3.02. The van der Waals surface area contributed by atoms with Crippen molar-refractivity contribution in [2.24, 2.45) is 5.92 Å². The lowest BCUT2D eigenvalue weighted by atomic mass is 10.1. The third kappa shape index (κ3) is 3.64. The number of aliphatic carboxylic acids is 1. The summed E-state index contributed by atoms with van der Waals surface area (Å²) in [6.45, 7) is 5.85. The Morgan fingerprint density at radius 1 is 1.63 bits per heavy atom. The predicted molar refractivity (Wildman–Crippen MR) is 70.3 cm³/mol. The third-order valence-electron chi connectivity index (χ3n) is 2.88. The number of nitro groups is 1. The van der Waals surface area contributed by atoms with Crippen molar-refractivity contribution in [2.75, 3.05) is 18.0 Å². The molecule has 0 amide bonds. The molecule has 0 saturated heterocycles. The molecule has 0 aromatic carbocycles. The van der Waals surface area contributed by atoms with Crippen molar-refractivity contribution in [1.29, 1.82) is 0 Å². The third-order valence-corrected chi connectivity index (χ3v) is 2.88. The number of rotatable bonds is 6. The Morgan fingerprint density at radius 3 is 2.74 bits per heavy atom. The zero-order chi connectivity index (χ0) is 14.6. The fourth-order valence-corrected chi connectivity index (χ4v) is 1.67. The molecule has 0 aliphatic rings. The van der Waals surface area contributed by atoms with Crippen molar-refractivity contribution in [3.8, 4) is 0 Å². The van der Waals surface area contributed by atoms with Gasteiger partial charge in [0.25, 0.3) is 5.69 Å². The first-order valence-electron chi connectivity index (χ1n) is 5.95. The number of carboxylic acids is 1. The molecule has 1 rings (SSSR count). The van der Waals surface area contributed by atoms with E-state index in [1.807, 2.05) is 6.92 Å². The molecule has 1 heterocycles. The summed E-state index contributed by atoms with van der Waals surface area (Å²) < 4.78 is 0. The van der Waals surface area contributed by atoms with Crippen molar-refractivity contribution >= 4 is 17.5 Å². The summed E-state index contributed by atoms with van der Waals surface area (Å²) in [7, 11) is 0. The second kappa shape index (κ2) is 6.12. The van der Waals surface area contributed by atoms with Crippen LogP contribution in [0.3, 0.4) is 0 Å². The van der Waals surface area contributed by atoms with Gasteiger partial charge < -0.3 is 10.0 Å². The molecule has 1 aromatic rings. The van der Waals surface area contributed by atoms with Crippen LogP contribution in [0.1, 0.15) is 19.4 Å². The Morgan fingerprint density at radius 2 is 2.26 bits per heavy atom. The number of nitrogens with zero attached hydrogens (tertiary/aromatic N) is 3. The maximum Gasteiger partial charge on any atom is 0.308 e. The second-order valence-electron chi connectivity index (χ2n) is 4.36. The minimum absolute atomic E-state index is 0.00794. The molecule has 0 fully saturated rings. The summed E-state index contributed by atoms with van der Waals surface area (Å²) in [5.41, 5.74) is 0.475. The van der Waals surface area contributed by atoms with Gasteiger partial charge in [-0.05, 0) is 13.8 Å². The predicted octanol–water partition coefficient (Wildman–Crippen LogP) is 1.85. The summed E-state index contributed by atoms with van der Waals surface area (Å²) in [6, 6.07) is 1.38. The summed E-state index contributed by atoms with van der Waals surface area (Å²) in [4.78, 5) is 27.1. The average Bonchev–Trinajstić information content (AvgIpc) is 2.35. The number of anilines is 1. The summed E-state index contributed by atoms with van der Waals surface area (Å²) in [6.07, 6.45) is 1.43. The number of pyridine rings is 1. The summed E-state index contributed by atoms with van der Waals surface area (Å²) in [5, 5.41) is 19.8. The lowest BCUT2D eigenvalue weighted by molar-refractivity contribution is -0.385. The van der Waals surface area contributed by atoms with Crippen molar-refractivity contribution in [2.45, 2.75) is 20.8 Å². The minimum Gasteiger partial charge on any atom is -0.481 e. The zero-order valence-corrected chi connectivity index (χ0v) is 11.2. The molecule has 1 N–H and O–H groups in total. The molecular weight excluding hydrogens is 250 g/mol. The molecule has 0 aliphatic carbocycles.